The molecule has 0 fully saturated rings. The molecule has 4 nitrogen and oxygen atoms in total. The highest BCUT2D eigenvalue weighted by Gasteiger charge is 2.11. The number of thiazole rings is 1. The predicted molar refractivity (Wildman–Crippen MR) is 75.7 cm³/mol. The summed E-state index contributed by atoms with van der Waals surface area (Å²) in [7, 11) is 0. The molecule has 0 radical (unpaired) electrons. The van der Waals surface area contributed by atoms with Gasteiger partial charge in [-0.15, -0.1) is 11.3 Å². The molecule has 18 heavy (non-hydrogen) atoms. The Morgan fingerprint density at radius 3 is 2.39 bits per heavy atom. The SMILES string of the molecule is CC(C)(C)Oc1ccc(-c2csc(NN)n2)cc1. The maximum atomic E-state index is 5.77. The number of anilines is 1. The van der Waals surface area contributed by atoms with Crippen LogP contribution in [0.15, 0.2) is 29.6 Å². The van der Waals surface area contributed by atoms with Crippen LogP contribution in [-0.2, 0) is 0 Å². The van der Waals surface area contributed by atoms with Crippen molar-refractivity contribution < 1.29 is 4.74 Å². The Kier molecular flexibility index (Phi) is 3.54. The number of nitrogens with two attached hydrogens (primary N) is 1. The second-order valence-electron chi connectivity index (χ2n) is 4.92. The number of rotatable bonds is 3. The topological polar surface area (TPSA) is 60.2 Å². The second-order valence-corrected chi connectivity index (χ2v) is 5.78. The minimum Gasteiger partial charge on any atom is -0.488 e. The first-order chi connectivity index (χ1) is 8.48. The fraction of sp³-hybridized carbons (Fsp3) is 0.308. The first kappa shape index (κ1) is 12.9. The summed E-state index contributed by atoms with van der Waals surface area (Å²) in [6.45, 7) is 6.08. The van der Waals surface area contributed by atoms with Crippen molar-refractivity contribution in [3.8, 4) is 17.0 Å². The van der Waals surface area contributed by atoms with Crippen LogP contribution in [0.5, 0.6) is 5.75 Å². The molecule has 0 amide bonds. The molecule has 2 rings (SSSR count). The maximum Gasteiger partial charge on any atom is 0.197 e. The standard InChI is InChI=1S/C13H17N3OS/c1-13(2,3)17-10-6-4-9(5-7-10)11-8-18-12(15-11)16-14/h4-8H,14H2,1-3H3,(H,15,16). The number of hydrogen-bond donors (Lipinski definition) is 2. The van der Waals surface area contributed by atoms with E-state index in [1.807, 2.05) is 50.4 Å². The molecule has 0 aliphatic rings. The van der Waals surface area contributed by atoms with Crippen LogP contribution < -0.4 is 16.0 Å². The largest absolute Gasteiger partial charge is 0.488 e. The van der Waals surface area contributed by atoms with Gasteiger partial charge in [0.2, 0.25) is 0 Å². The van der Waals surface area contributed by atoms with Crippen LogP contribution in [0, 0.1) is 0 Å². The van der Waals surface area contributed by atoms with Gasteiger partial charge >= 0.3 is 0 Å². The van der Waals surface area contributed by atoms with Gasteiger partial charge in [-0.25, -0.2) is 10.8 Å². The van der Waals surface area contributed by atoms with E-state index < -0.39 is 0 Å². The van der Waals surface area contributed by atoms with Crippen molar-refractivity contribution in [3.63, 3.8) is 0 Å². The lowest BCUT2D eigenvalue weighted by atomic mass is 10.1. The molecule has 3 N–H and O–H groups in total. The van der Waals surface area contributed by atoms with Gasteiger partial charge in [0.05, 0.1) is 5.69 Å². The summed E-state index contributed by atoms with van der Waals surface area (Å²) in [5.41, 5.74) is 4.32. The van der Waals surface area contributed by atoms with Gasteiger partial charge in [0.15, 0.2) is 5.13 Å². The maximum absolute atomic E-state index is 5.77. The van der Waals surface area contributed by atoms with Crippen molar-refractivity contribution in [3.05, 3.63) is 29.6 Å². The zero-order valence-corrected chi connectivity index (χ0v) is 11.5. The smallest absolute Gasteiger partial charge is 0.197 e. The minimum absolute atomic E-state index is 0.182. The first-order valence-electron chi connectivity index (χ1n) is 5.69. The molecule has 0 bridgehead atoms. The van der Waals surface area contributed by atoms with E-state index in [0.717, 1.165) is 17.0 Å². The number of nitrogens with one attached hydrogen (secondary N) is 1. The quantitative estimate of drug-likeness (QED) is 0.659. The van der Waals surface area contributed by atoms with E-state index in [1.54, 1.807) is 0 Å². The Balaban J connectivity index is 2.17. The lowest BCUT2D eigenvalue weighted by Crippen LogP contribution is -2.22. The van der Waals surface area contributed by atoms with Crippen molar-refractivity contribution in [1.82, 2.24) is 4.98 Å². The summed E-state index contributed by atoms with van der Waals surface area (Å²) in [6, 6.07) is 7.90. The highest BCUT2D eigenvalue weighted by molar-refractivity contribution is 7.14. The summed E-state index contributed by atoms with van der Waals surface area (Å²) in [5, 5.41) is 2.68. The van der Waals surface area contributed by atoms with Gasteiger partial charge in [0.1, 0.15) is 11.4 Å². The van der Waals surface area contributed by atoms with E-state index in [1.165, 1.54) is 11.3 Å². The number of aromatic nitrogens is 1. The summed E-state index contributed by atoms with van der Waals surface area (Å²) in [6.07, 6.45) is 0. The summed E-state index contributed by atoms with van der Waals surface area (Å²) < 4.78 is 5.77. The van der Waals surface area contributed by atoms with Crippen LogP contribution in [0.25, 0.3) is 11.3 Å². The Morgan fingerprint density at radius 1 is 1.22 bits per heavy atom. The molecular formula is C13H17N3OS. The second kappa shape index (κ2) is 4.96. The predicted octanol–water partition coefficient (Wildman–Crippen LogP) is 3.27. The number of benzene rings is 1. The van der Waals surface area contributed by atoms with E-state index in [0.29, 0.717) is 5.13 Å². The summed E-state index contributed by atoms with van der Waals surface area (Å²) >= 11 is 1.48. The van der Waals surface area contributed by atoms with Crippen molar-refractivity contribution in [2.45, 2.75) is 26.4 Å². The van der Waals surface area contributed by atoms with Crippen LogP contribution in [0.2, 0.25) is 0 Å². The molecule has 0 saturated carbocycles. The highest BCUT2D eigenvalue weighted by atomic mass is 32.1. The number of nitrogens with zero attached hydrogens (tertiary/aromatic N) is 1. The van der Waals surface area contributed by atoms with E-state index in [2.05, 4.69) is 10.4 Å². The molecular weight excluding hydrogens is 246 g/mol. The van der Waals surface area contributed by atoms with E-state index in [-0.39, 0.29) is 5.60 Å². The Hall–Kier alpha value is -1.59. The molecule has 0 saturated heterocycles. The van der Waals surface area contributed by atoms with Crippen molar-refractivity contribution in [1.29, 1.82) is 0 Å². The molecule has 5 heteroatoms. The monoisotopic (exact) mass is 263 g/mol. The minimum atomic E-state index is -0.182. The fourth-order valence-corrected chi connectivity index (χ4v) is 2.15. The van der Waals surface area contributed by atoms with Crippen molar-refractivity contribution >= 4 is 16.5 Å². The molecule has 1 heterocycles. The third-order valence-corrected chi connectivity index (χ3v) is 2.98. The first-order valence-corrected chi connectivity index (χ1v) is 6.57. The molecule has 96 valence electrons. The third-order valence-electron chi connectivity index (χ3n) is 2.20. The number of hydrazine groups is 1. The van der Waals surface area contributed by atoms with Gasteiger partial charge in [0.25, 0.3) is 0 Å². The average molecular weight is 263 g/mol. The Labute approximate surface area is 111 Å². The van der Waals surface area contributed by atoms with Crippen LogP contribution in [-0.4, -0.2) is 10.6 Å². The van der Waals surface area contributed by atoms with Crippen LogP contribution in [0.1, 0.15) is 20.8 Å². The summed E-state index contributed by atoms with van der Waals surface area (Å²) in [4.78, 5) is 4.34. The normalized spacial score (nSPS) is 11.3. The highest BCUT2D eigenvalue weighted by Crippen LogP contribution is 2.27. The lowest BCUT2D eigenvalue weighted by molar-refractivity contribution is 0.131. The van der Waals surface area contributed by atoms with Crippen molar-refractivity contribution in [2.75, 3.05) is 5.43 Å². The van der Waals surface area contributed by atoms with Crippen LogP contribution >= 0.6 is 11.3 Å². The van der Waals surface area contributed by atoms with Crippen LogP contribution in [0.4, 0.5) is 5.13 Å². The lowest BCUT2D eigenvalue weighted by Gasteiger charge is -2.21. The van der Waals surface area contributed by atoms with Gasteiger partial charge in [-0.3, -0.25) is 5.43 Å². The zero-order valence-electron chi connectivity index (χ0n) is 10.7. The molecule has 0 spiro atoms. The molecule has 0 atom stereocenters. The Morgan fingerprint density at radius 2 is 1.89 bits per heavy atom. The average Bonchev–Trinajstić information content (AvgIpc) is 2.76. The van der Waals surface area contributed by atoms with E-state index in [9.17, 15) is 0 Å². The molecule has 0 unspecified atom stereocenters. The van der Waals surface area contributed by atoms with Gasteiger partial charge in [-0.2, -0.15) is 0 Å². The van der Waals surface area contributed by atoms with Gasteiger partial charge < -0.3 is 4.74 Å². The molecule has 0 aliphatic carbocycles. The number of nitrogen functional groups attached to an aromatic ring is 1. The third kappa shape index (κ3) is 3.21. The molecule has 1 aromatic heterocycles. The Bertz CT molecular complexity index is 514. The molecule has 2 aromatic rings. The van der Waals surface area contributed by atoms with Gasteiger partial charge in [-0.05, 0) is 45.0 Å². The van der Waals surface area contributed by atoms with E-state index in [4.69, 9.17) is 10.6 Å². The van der Waals surface area contributed by atoms with Crippen LogP contribution in [0.3, 0.4) is 0 Å². The zero-order chi connectivity index (χ0) is 13.2. The van der Waals surface area contributed by atoms with E-state index >= 15 is 0 Å². The number of hydrogen-bond acceptors (Lipinski definition) is 5. The molecule has 1 aromatic carbocycles. The van der Waals surface area contributed by atoms with Gasteiger partial charge in [0, 0.05) is 10.9 Å². The summed E-state index contributed by atoms with van der Waals surface area (Å²) in [5.74, 6) is 6.17. The van der Waals surface area contributed by atoms with Gasteiger partial charge in [-0.1, -0.05) is 0 Å². The van der Waals surface area contributed by atoms with Crippen molar-refractivity contribution in [2.24, 2.45) is 5.84 Å². The number of ether oxygens (including phenoxy) is 1. The molecule has 0 aliphatic heterocycles. The fourth-order valence-electron chi connectivity index (χ4n) is 1.52.